The van der Waals surface area contributed by atoms with E-state index in [1.807, 2.05) is 12.1 Å². The van der Waals surface area contributed by atoms with Crippen LogP contribution in [0.3, 0.4) is 0 Å². The molecule has 0 radical (unpaired) electrons. The smallest absolute Gasteiger partial charge is 0.255 e. The fourth-order valence-electron chi connectivity index (χ4n) is 3.27. The van der Waals surface area contributed by atoms with Crippen molar-refractivity contribution in [2.24, 2.45) is 0 Å². The maximum Gasteiger partial charge on any atom is 0.255 e. The van der Waals surface area contributed by atoms with Crippen LogP contribution in [0.5, 0.6) is 11.5 Å². The van der Waals surface area contributed by atoms with Crippen molar-refractivity contribution in [2.45, 2.75) is 36.7 Å². The molecule has 0 atom stereocenters. The Labute approximate surface area is 171 Å². The number of rotatable bonds is 7. The van der Waals surface area contributed by atoms with E-state index in [2.05, 4.69) is 5.32 Å². The summed E-state index contributed by atoms with van der Waals surface area (Å²) in [5, 5.41) is 2.80. The van der Waals surface area contributed by atoms with Gasteiger partial charge in [0.2, 0.25) is 10.0 Å². The molecule has 0 aliphatic heterocycles. The highest BCUT2D eigenvalue weighted by Gasteiger charge is 2.24. The molecule has 0 unspecified atom stereocenters. The molecule has 2 aromatic carbocycles. The second-order valence-corrected chi connectivity index (χ2v) is 9.28. The van der Waals surface area contributed by atoms with Crippen LogP contribution in [0.25, 0.3) is 0 Å². The van der Waals surface area contributed by atoms with Crippen molar-refractivity contribution in [3.05, 3.63) is 48.0 Å². The zero-order valence-corrected chi connectivity index (χ0v) is 17.7. The fourth-order valence-corrected chi connectivity index (χ4v) is 4.34. The molecule has 0 saturated heterocycles. The van der Waals surface area contributed by atoms with Gasteiger partial charge in [-0.3, -0.25) is 4.79 Å². The van der Waals surface area contributed by atoms with Crippen LogP contribution in [0, 0.1) is 0 Å². The third-order valence-corrected chi connectivity index (χ3v) is 6.72. The molecule has 0 spiro atoms. The Kier molecular flexibility index (Phi) is 6.44. The molecule has 1 aliphatic rings. The highest BCUT2D eigenvalue weighted by atomic mass is 32.2. The van der Waals surface area contributed by atoms with Crippen LogP contribution in [0.1, 0.15) is 36.0 Å². The van der Waals surface area contributed by atoms with Gasteiger partial charge in [0.1, 0.15) is 16.4 Å². The summed E-state index contributed by atoms with van der Waals surface area (Å²) in [6.45, 7) is 0. The number of carbonyl (C=O) groups excluding carboxylic acids is 1. The summed E-state index contributed by atoms with van der Waals surface area (Å²) in [5.41, 5.74) is 0.798. The summed E-state index contributed by atoms with van der Waals surface area (Å²) >= 11 is 0. The number of benzene rings is 2. The molecule has 0 heterocycles. The number of sulfonamides is 1. The number of carbonyl (C=O) groups is 1. The first kappa shape index (κ1) is 21.1. The van der Waals surface area contributed by atoms with E-state index < -0.39 is 15.9 Å². The quantitative estimate of drug-likeness (QED) is 0.744. The van der Waals surface area contributed by atoms with Gasteiger partial charge in [-0.15, -0.1) is 0 Å². The Hall–Kier alpha value is -2.58. The first-order chi connectivity index (χ1) is 13.8. The number of anilines is 1. The normalized spacial score (nSPS) is 14.8. The minimum absolute atomic E-state index is 0.0593. The SMILES string of the molecule is COc1ccc(C(=O)Nc2cccc(OC3CCCC3)c2)cc1S(=O)(=O)N(C)C. The largest absolute Gasteiger partial charge is 0.495 e. The van der Waals surface area contributed by atoms with Gasteiger partial charge in [0.25, 0.3) is 5.91 Å². The van der Waals surface area contributed by atoms with Crippen LogP contribution < -0.4 is 14.8 Å². The fraction of sp³-hybridized carbons (Fsp3) is 0.381. The van der Waals surface area contributed by atoms with Crippen molar-refractivity contribution >= 4 is 21.6 Å². The average molecular weight is 419 g/mol. The first-order valence-corrected chi connectivity index (χ1v) is 10.9. The van der Waals surface area contributed by atoms with Crippen LogP contribution in [0.4, 0.5) is 5.69 Å². The number of nitrogens with one attached hydrogen (secondary N) is 1. The van der Waals surface area contributed by atoms with Crippen molar-refractivity contribution in [3.63, 3.8) is 0 Å². The predicted octanol–water partition coefficient (Wildman–Crippen LogP) is 3.52. The van der Waals surface area contributed by atoms with Gasteiger partial charge in [-0.05, 0) is 56.0 Å². The van der Waals surface area contributed by atoms with Crippen LogP contribution in [-0.4, -0.2) is 45.9 Å². The molecule has 1 amide bonds. The summed E-state index contributed by atoms with van der Waals surface area (Å²) in [7, 11) is 0.484. The lowest BCUT2D eigenvalue weighted by molar-refractivity contribution is 0.102. The van der Waals surface area contributed by atoms with Crippen molar-refractivity contribution < 1.29 is 22.7 Å². The summed E-state index contributed by atoms with van der Waals surface area (Å²) in [6.07, 6.45) is 4.67. The van der Waals surface area contributed by atoms with E-state index in [4.69, 9.17) is 9.47 Å². The first-order valence-electron chi connectivity index (χ1n) is 9.50. The van der Waals surface area contributed by atoms with Crippen molar-refractivity contribution in [2.75, 3.05) is 26.5 Å². The Morgan fingerprint density at radius 3 is 2.48 bits per heavy atom. The second-order valence-electron chi connectivity index (χ2n) is 7.16. The van der Waals surface area contributed by atoms with E-state index in [1.54, 1.807) is 12.1 Å². The van der Waals surface area contributed by atoms with E-state index in [1.165, 1.54) is 52.2 Å². The third-order valence-electron chi connectivity index (χ3n) is 4.88. The summed E-state index contributed by atoms with van der Waals surface area (Å²) < 4.78 is 37.3. The number of nitrogens with zero attached hydrogens (tertiary/aromatic N) is 1. The molecule has 1 fully saturated rings. The molecule has 1 aliphatic carbocycles. The lowest BCUT2D eigenvalue weighted by Crippen LogP contribution is -2.23. The molecule has 29 heavy (non-hydrogen) atoms. The lowest BCUT2D eigenvalue weighted by atomic mass is 10.2. The van der Waals surface area contributed by atoms with E-state index in [0.29, 0.717) is 11.4 Å². The van der Waals surface area contributed by atoms with Gasteiger partial charge < -0.3 is 14.8 Å². The minimum Gasteiger partial charge on any atom is -0.495 e. The van der Waals surface area contributed by atoms with Gasteiger partial charge in [0.05, 0.1) is 13.2 Å². The van der Waals surface area contributed by atoms with Crippen LogP contribution in [0.15, 0.2) is 47.4 Å². The molecule has 7 nitrogen and oxygen atoms in total. The molecule has 8 heteroatoms. The molecular formula is C21H26N2O5S. The van der Waals surface area contributed by atoms with Crippen LogP contribution in [-0.2, 0) is 10.0 Å². The zero-order chi connectivity index (χ0) is 21.0. The number of amides is 1. The average Bonchev–Trinajstić information content (AvgIpc) is 3.20. The van der Waals surface area contributed by atoms with Gasteiger partial charge in [0, 0.05) is 31.4 Å². The van der Waals surface area contributed by atoms with Crippen molar-refractivity contribution in [1.29, 1.82) is 0 Å². The molecular weight excluding hydrogens is 392 g/mol. The van der Waals surface area contributed by atoms with Gasteiger partial charge in [0.15, 0.2) is 0 Å². The number of hydrogen-bond donors (Lipinski definition) is 1. The van der Waals surface area contributed by atoms with Gasteiger partial charge in [-0.1, -0.05) is 6.07 Å². The van der Waals surface area contributed by atoms with Crippen LogP contribution >= 0.6 is 0 Å². The predicted molar refractivity (Wildman–Crippen MR) is 111 cm³/mol. The molecule has 2 aromatic rings. The van der Waals surface area contributed by atoms with Gasteiger partial charge >= 0.3 is 0 Å². The number of methoxy groups -OCH3 is 1. The number of hydrogen-bond acceptors (Lipinski definition) is 5. The zero-order valence-electron chi connectivity index (χ0n) is 16.8. The molecule has 156 valence electrons. The number of ether oxygens (including phenoxy) is 2. The molecule has 3 rings (SSSR count). The Morgan fingerprint density at radius 2 is 1.83 bits per heavy atom. The molecule has 1 saturated carbocycles. The van der Waals surface area contributed by atoms with E-state index in [9.17, 15) is 13.2 Å². The van der Waals surface area contributed by atoms with Crippen molar-refractivity contribution in [1.82, 2.24) is 4.31 Å². The standard InChI is InChI=1S/C21H26N2O5S/c1-23(2)29(25,26)20-13-15(11-12-19(20)27-3)21(24)22-16-7-6-10-18(14-16)28-17-8-4-5-9-17/h6-7,10-14,17H,4-5,8-9H2,1-3H3,(H,22,24). The maximum absolute atomic E-state index is 12.7. The topological polar surface area (TPSA) is 84.9 Å². The summed E-state index contributed by atoms with van der Waals surface area (Å²) in [6, 6.07) is 11.5. The molecule has 1 N–H and O–H groups in total. The Bertz CT molecular complexity index is 982. The van der Waals surface area contributed by atoms with Crippen LogP contribution in [0.2, 0.25) is 0 Å². The molecule has 0 bridgehead atoms. The monoisotopic (exact) mass is 418 g/mol. The Morgan fingerprint density at radius 1 is 1.10 bits per heavy atom. The highest BCUT2D eigenvalue weighted by Crippen LogP contribution is 2.28. The second kappa shape index (κ2) is 8.84. The van der Waals surface area contributed by atoms with E-state index in [-0.39, 0.29) is 22.3 Å². The summed E-state index contributed by atoms with van der Waals surface area (Å²) in [4.78, 5) is 12.7. The van der Waals surface area contributed by atoms with E-state index >= 15 is 0 Å². The maximum atomic E-state index is 12.7. The van der Waals surface area contributed by atoms with Gasteiger partial charge in [-0.2, -0.15) is 0 Å². The lowest BCUT2D eigenvalue weighted by Gasteiger charge is -2.16. The summed E-state index contributed by atoms with van der Waals surface area (Å²) in [5.74, 6) is 0.475. The highest BCUT2D eigenvalue weighted by molar-refractivity contribution is 7.89. The van der Waals surface area contributed by atoms with Gasteiger partial charge in [-0.25, -0.2) is 12.7 Å². The van der Waals surface area contributed by atoms with E-state index in [0.717, 1.165) is 17.1 Å². The minimum atomic E-state index is -3.76. The molecule has 0 aromatic heterocycles. The third kappa shape index (κ3) is 4.89. The van der Waals surface area contributed by atoms with Crippen molar-refractivity contribution in [3.8, 4) is 11.5 Å². The Balaban J connectivity index is 1.80.